The molecule has 0 aromatic heterocycles. The molecular weight excluding hydrogens is 172 g/mol. The van der Waals surface area contributed by atoms with Gasteiger partial charge in [-0.3, -0.25) is 0 Å². The number of rotatable bonds is 4. The van der Waals surface area contributed by atoms with Crippen LogP contribution in [-0.4, -0.2) is 5.78 Å². The van der Waals surface area contributed by atoms with E-state index in [2.05, 4.69) is 25.1 Å². The Labute approximate surface area is 85.5 Å². The first-order valence-electron chi connectivity index (χ1n) is 4.92. The van der Waals surface area contributed by atoms with Crippen LogP contribution < -0.4 is 0 Å². The maximum Gasteiger partial charge on any atom is 0.130 e. The van der Waals surface area contributed by atoms with Crippen LogP contribution in [0.4, 0.5) is 0 Å². The van der Waals surface area contributed by atoms with Crippen LogP contribution in [0.3, 0.4) is 0 Å². The average molecular weight is 188 g/mol. The number of ketones is 1. The molecule has 74 valence electrons. The molecule has 0 radical (unpaired) electrons. The topological polar surface area (TPSA) is 17.1 Å². The van der Waals surface area contributed by atoms with E-state index < -0.39 is 0 Å². The molecular formula is C13H16O. The van der Waals surface area contributed by atoms with E-state index in [1.165, 1.54) is 11.1 Å². The Morgan fingerprint density at radius 1 is 1.21 bits per heavy atom. The van der Waals surface area contributed by atoms with Crippen molar-refractivity contribution in [3.05, 3.63) is 42.0 Å². The van der Waals surface area contributed by atoms with E-state index >= 15 is 0 Å². The summed E-state index contributed by atoms with van der Waals surface area (Å²) in [5.74, 6) is 0.252. The molecule has 0 saturated carbocycles. The first-order valence-corrected chi connectivity index (χ1v) is 4.92. The molecule has 0 saturated heterocycles. The normalized spacial score (nSPS) is 11.4. The summed E-state index contributed by atoms with van der Waals surface area (Å²) in [6, 6.07) is 10.2. The number of allylic oxidation sites excluding steroid dienone is 2. The van der Waals surface area contributed by atoms with Crippen LogP contribution in [0, 0.1) is 0 Å². The maximum atomic E-state index is 10.7. The zero-order chi connectivity index (χ0) is 10.4. The largest absolute Gasteiger partial charge is 0.300 e. The summed E-state index contributed by atoms with van der Waals surface area (Å²) in [4.78, 5) is 10.7. The fraction of sp³-hybridized carbons (Fsp3) is 0.308. The molecule has 1 heteroatoms. The third-order valence-electron chi connectivity index (χ3n) is 2.18. The highest BCUT2D eigenvalue weighted by molar-refractivity contribution is 5.76. The molecule has 1 aromatic rings. The fourth-order valence-electron chi connectivity index (χ4n) is 1.31. The van der Waals surface area contributed by atoms with Gasteiger partial charge < -0.3 is 4.79 Å². The van der Waals surface area contributed by atoms with Gasteiger partial charge in [0.05, 0.1) is 0 Å². The van der Waals surface area contributed by atoms with Crippen LogP contribution >= 0.6 is 0 Å². The van der Waals surface area contributed by atoms with Gasteiger partial charge >= 0.3 is 0 Å². The van der Waals surface area contributed by atoms with Gasteiger partial charge in [-0.2, -0.15) is 0 Å². The van der Waals surface area contributed by atoms with Crippen LogP contribution in [0.15, 0.2) is 36.4 Å². The van der Waals surface area contributed by atoms with Gasteiger partial charge in [-0.1, -0.05) is 36.4 Å². The van der Waals surface area contributed by atoms with Crippen molar-refractivity contribution in [1.82, 2.24) is 0 Å². The summed E-state index contributed by atoms with van der Waals surface area (Å²) in [6.45, 7) is 3.71. The van der Waals surface area contributed by atoms with E-state index in [1.807, 2.05) is 18.2 Å². The zero-order valence-corrected chi connectivity index (χ0v) is 8.79. The Hall–Kier alpha value is -1.37. The number of benzene rings is 1. The third kappa shape index (κ3) is 3.56. The second-order valence-electron chi connectivity index (χ2n) is 3.49. The Balaban J connectivity index is 2.57. The molecule has 0 N–H and O–H groups in total. The molecule has 0 amide bonds. The molecule has 0 aliphatic rings. The van der Waals surface area contributed by atoms with E-state index in [4.69, 9.17) is 0 Å². The summed E-state index contributed by atoms with van der Waals surface area (Å²) >= 11 is 0. The summed E-state index contributed by atoms with van der Waals surface area (Å²) in [7, 11) is 0. The van der Waals surface area contributed by atoms with Gasteiger partial charge in [0.15, 0.2) is 0 Å². The van der Waals surface area contributed by atoms with Crippen molar-refractivity contribution in [3.8, 4) is 0 Å². The molecule has 1 aromatic carbocycles. The molecule has 14 heavy (non-hydrogen) atoms. The quantitative estimate of drug-likeness (QED) is 0.707. The molecule has 0 spiro atoms. The van der Waals surface area contributed by atoms with Gasteiger partial charge in [0, 0.05) is 6.42 Å². The molecule has 0 bridgehead atoms. The number of hydrogen-bond donors (Lipinski definition) is 0. The second kappa shape index (κ2) is 5.38. The van der Waals surface area contributed by atoms with Crippen molar-refractivity contribution in [2.75, 3.05) is 0 Å². The predicted molar refractivity (Wildman–Crippen MR) is 60.0 cm³/mol. The van der Waals surface area contributed by atoms with E-state index in [0.717, 1.165) is 6.42 Å². The smallest absolute Gasteiger partial charge is 0.130 e. The standard InChI is InChI=1S/C13H16O/c1-11(7-6-8-12(2)14)13-9-4-3-5-10-13/h3-5,7,9-10H,6,8H2,1-2H3/b11-7+. The van der Waals surface area contributed by atoms with Crippen molar-refractivity contribution in [2.24, 2.45) is 0 Å². The highest BCUT2D eigenvalue weighted by Gasteiger charge is 1.94. The van der Waals surface area contributed by atoms with Crippen molar-refractivity contribution in [2.45, 2.75) is 26.7 Å². The lowest BCUT2D eigenvalue weighted by Crippen LogP contribution is -1.87. The Kier molecular flexibility index (Phi) is 4.11. The molecule has 0 fully saturated rings. The number of Topliss-reactive ketones (excluding diaryl/α,β-unsaturated/α-hetero) is 1. The second-order valence-corrected chi connectivity index (χ2v) is 3.49. The molecule has 0 unspecified atom stereocenters. The molecule has 1 rings (SSSR count). The summed E-state index contributed by atoms with van der Waals surface area (Å²) in [5.41, 5.74) is 2.47. The van der Waals surface area contributed by atoms with E-state index in [9.17, 15) is 4.79 Å². The average Bonchev–Trinajstić information content (AvgIpc) is 2.18. The fourth-order valence-corrected chi connectivity index (χ4v) is 1.31. The minimum Gasteiger partial charge on any atom is -0.300 e. The third-order valence-corrected chi connectivity index (χ3v) is 2.18. The Bertz CT molecular complexity index is 322. The van der Waals surface area contributed by atoms with Crippen LogP contribution in [0.5, 0.6) is 0 Å². The zero-order valence-electron chi connectivity index (χ0n) is 8.79. The van der Waals surface area contributed by atoms with Crippen molar-refractivity contribution >= 4 is 11.4 Å². The van der Waals surface area contributed by atoms with E-state index in [0.29, 0.717) is 6.42 Å². The van der Waals surface area contributed by atoms with Gasteiger partial charge in [-0.25, -0.2) is 0 Å². The van der Waals surface area contributed by atoms with Crippen molar-refractivity contribution in [1.29, 1.82) is 0 Å². The number of hydrogen-bond acceptors (Lipinski definition) is 1. The monoisotopic (exact) mass is 188 g/mol. The molecule has 0 heterocycles. The highest BCUT2D eigenvalue weighted by atomic mass is 16.1. The van der Waals surface area contributed by atoms with Gasteiger partial charge in [0.2, 0.25) is 0 Å². The summed E-state index contributed by atoms with van der Waals surface area (Å²) in [5, 5.41) is 0. The first kappa shape index (κ1) is 10.7. The number of carbonyl (C=O) groups excluding carboxylic acids is 1. The molecule has 0 aliphatic heterocycles. The lowest BCUT2D eigenvalue weighted by molar-refractivity contribution is -0.116. The van der Waals surface area contributed by atoms with Crippen LogP contribution in [-0.2, 0) is 4.79 Å². The lowest BCUT2D eigenvalue weighted by atomic mass is 10.1. The van der Waals surface area contributed by atoms with Crippen LogP contribution in [0.2, 0.25) is 0 Å². The molecule has 0 atom stereocenters. The number of carbonyl (C=O) groups is 1. The summed E-state index contributed by atoms with van der Waals surface area (Å²) in [6.07, 6.45) is 3.61. The predicted octanol–water partition coefficient (Wildman–Crippen LogP) is 3.46. The minimum atomic E-state index is 0.252. The summed E-state index contributed by atoms with van der Waals surface area (Å²) < 4.78 is 0. The maximum absolute atomic E-state index is 10.7. The van der Waals surface area contributed by atoms with Crippen molar-refractivity contribution < 1.29 is 4.79 Å². The van der Waals surface area contributed by atoms with Crippen LogP contribution in [0.1, 0.15) is 32.3 Å². The molecule has 0 aliphatic carbocycles. The van der Waals surface area contributed by atoms with Crippen LogP contribution in [0.25, 0.3) is 5.57 Å². The van der Waals surface area contributed by atoms with Crippen molar-refractivity contribution in [3.63, 3.8) is 0 Å². The van der Waals surface area contributed by atoms with Gasteiger partial charge in [-0.15, -0.1) is 0 Å². The lowest BCUT2D eigenvalue weighted by Gasteiger charge is -2.00. The van der Waals surface area contributed by atoms with Gasteiger partial charge in [0.1, 0.15) is 5.78 Å². The first-order chi connectivity index (χ1) is 6.70. The Morgan fingerprint density at radius 2 is 1.86 bits per heavy atom. The van der Waals surface area contributed by atoms with Gasteiger partial charge in [-0.05, 0) is 31.4 Å². The van der Waals surface area contributed by atoms with Gasteiger partial charge in [0.25, 0.3) is 0 Å². The van der Waals surface area contributed by atoms with E-state index in [1.54, 1.807) is 6.92 Å². The Morgan fingerprint density at radius 3 is 2.43 bits per heavy atom. The SMILES string of the molecule is CC(=O)CC/C=C(\C)c1ccccc1. The van der Waals surface area contributed by atoms with E-state index in [-0.39, 0.29) is 5.78 Å². The highest BCUT2D eigenvalue weighted by Crippen LogP contribution is 2.13. The molecule has 1 nitrogen and oxygen atoms in total. The minimum absolute atomic E-state index is 0.252.